The zero-order valence-corrected chi connectivity index (χ0v) is 85.5. The molecular weight excluding hydrogens is 1590 g/mol. The molecule has 0 saturated heterocycles. The van der Waals surface area contributed by atoms with Crippen molar-refractivity contribution in [2.45, 2.75) is 526 Å². The van der Waals surface area contributed by atoms with Crippen LogP contribution in [-0.2, 0) is 0 Å². The highest BCUT2D eigenvalue weighted by Gasteiger charge is 2.49. The highest BCUT2D eigenvalue weighted by Crippen LogP contribution is 2.66. The highest BCUT2D eigenvalue weighted by molar-refractivity contribution is 8.34. The van der Waals surface area contributed by atoms with Crippen molar-refractivity contribution in [1.29, 1.82) is 0 Å². The average molecular weight is 1770 g/mol. The second-order valence-corrected chi connectivity index (χ2v) is 49.7. The summed E-state index contributed by atoms with van der Waals surface area (Å²) >= 11 is 28.7. The number of rotatable bonds is 86. The summed E-state index contributed by atoms with van der Waals surface area (Å²) in [6, 6.07) is 10.9. The van der Waals surface area contributed by atoms with Crippen molar-refractivity contribution in [3.8, 4) is 0 Å². The van der Waals surface area contributed by atoms with Crippen LogP contribution in [0.1, 0.15) is 480 Å². The first-order valence-electron chi connectivity index (χ1n) is 49.3. The first kappa shape index (κ1) is 109. The van der Waals surface area contributed by atoms with Crippen molar-refractivity contribution in [2.24, 2.45) is 11.8 Å². The fraction of sp³-hybridized carbons (Fsp3) is 0.880. The predicted molar refractivity (Wildman–Crippen MR) is 543 cm³/mol. The monoisotopic (exact) mass is 1770 g/mol. The summed E-state index contributed by atoms with van der Waals surface area (Å²) in [6.07, 6.45) is 88.4. The molecule has 0 aromatic heterocycles. The Morgan fingerprint density at radius 1 is 0.188 bits per heavy atom. The summed E-state index contributed by atoms with van der Waals surface area (Å²) in [7, 11) is 0. The largest absolute Gasteiger partial charge is 0.133 e. The summed E-state index contributed by atoms with van der Waals surface area (Å²) < 4.78 is 0.167. The van der Waals surface area contributed by atoms with Crippen LogP contribution in [0, 0.1) is 11.8 Å². The maximum atomic E-state index is 2.75. The Kier molecular flexibility index (Phi) is 77.3. The zero-order chi connectivity index (χ0) is 80.4. The molecule has 2 aromatic carbocycles. The number of hydrogen-bond acceptors (Lipinski definition) is 12. The molecule has 112 heavy (non-hydrogen) atoms. The van der Waals surface area contributed by atoms with Crippen LogP contribution in [-0.4, -0.2) is 64.4 Å². The van der Waals surface area contributed by atoms with Gasteiger partial charge in [-0.2, -0.15) is 0 Å². The minimum Gasteiger partial charge on any atom is -0.133 e. The van der Waals surface area contributed by atoms with Gasteiger partial charge >= 0.3 is 0 Å². The van der Waals surface area contributed by atoms with Crippen LogP contribution in [0.15, 0.2) is 63.4 Å². The molecule has 12 heteroatoms. The van der Waals surface area contributed by atoms with E-state index in [4.69, 9.17) is 0 Å². The lowest BCUT2D eigenvalue weighted by Gasteiger charge is -2.47. The molecule has 0 N–H and O–H groups in total. The SMILES string of the molecule is CCCCCCCCSc1ccc(SC(SCCCCCCCC)(SCCCCCCCC)[C@H]2CC[C@H](C(SCCCCCCCC)(SCCCCCCCC)Sc3ccc(SCCCCCCCC)c(SCCCCCCCC)c3SCCCCCCCC)CC2)c(SCCCCCCCC)c1SCCCCCCCC. The molecular formula is C100H184S12. The first-order valence-corrected chi connectivity index (χ1v) is 60.8. The van der Waals surface area contributed by atoms with E-state index in [-0.39, 0.29) is 6.82 Å². The first-order chi connectivity index (χ1) is 55.3. The van der Waals surface area contributed by atoms with E-state index in [0.717, 1.165) is 0 Å². The summed E-state index contributed by atoms with van der Waals surface area (Å²) in [5, 5.41) is 0. The second-order valence-electron chi connectivity index (χ2n) is 33.6. The third kappa shape index (κ3) is 53.1. The molecule has 0 radical (unpaired) electrons. The molecule has 0 unspecified atom stereocenters. The fourth-order valence-corrected chi connectivity index (χ4v) is 35.1. The average Bonchev–Trinajstić information content (AvgIpc) is 0.432. The summed E-state index contributed by atoms with van der Waals surface area (Å²) in [6.45, 7) is 23.9. The van der Waals surface area contributed by atoms with Gasteiger partial charge in [0.2, 0.25) is 0 Å². The van der Waals surface area contributed by atoms with Crippen molar-refractivity contribution in [2.75, 3.05) is 57.5 Å². The third-order valence-electron chi connectivity index (χ3n) is 23.0. The molecule has 0 amide bonds. The minimum atomic E-state index is 0.0835. The molecule has 656 valence electrons. The van der Waals surface area contributed by atoms with Crippen LogP contribution in [0.3, 0.4) is 0 Å². The summed E-state index contributed by atoms with van der Waals surface area (Å²) in [5.41, 5.74) is 0. The normalized spacial score (nSPS) is 14.3. The van der Waals surface area contributed by atoms with Gasteiger partial charge in [-0.05, 0) is 184 Å². The Hall–Kier alpha value is 2.64. The topological polar surface area (TPSA) is 0 Å². The van der Waals surface area contributed by atoms with E-state index in [1.807, 2.05) is 0 Å². The van der Waals surface area contributed by atoms with Crippen LogP contribution in [0.4, 0.5) is 0 Å². The molecule has 0 spiro atoms. The van der Waals surface area contributed by atoms with E-state index >= 15 is 0 Å². The molecule has 0 aliphatic heterocycles. The molecule has 2 aromatic rings. The Labute approximate surface area is 753 Å². The van der Waals surface area contributed by atoms with Gasteiger partial charge in [-0.1, -0.05) is 414 Å². The van der Waals surface area contributed by atoms with Crippen LogP contribution in [0.5, 0.6) is 0 Å². The van der Waals surface area contributed by atoms with Crippen LogP contribution < -0.4 is 0 Å². The van der Waals surface area contributed by atoms with Gasteiger partial charge in [0.15, 0.2) is 0 Å². The van der Waals surface area contributed by atoms with Crippen LogP contribution in [0.2, 0.25) is 0 Å². The number of hydrogen-bond donors (Lipinski definition) is 0. The lowest BCUT2D eigenvalue weighted by atomic mass is 9.83. The molecule has 1 fully saturated rings. The maximum absolute atomic E-state index is 2.75. The van der Waals surface area contributed by atoms with Crippen molar-refractivity contribution >= 4 is 141 Å². The number of benzene rings is 2. The third-order valence-corrected chi connectivity index (χ3v) is 42.0. The van der Waals surface area contributed by atoms with Gasteiger partial charge in [0.05, 0.1) is 0 Å². The Morgan fingerprint density at radius 2 is 0.339 bits per heavy atom. The number of unbranched alkanes of at least 4 members (excludes halogenated alkanes) is 50. The van der Waals surface area contributed by atoms with Crippen molar-refractivity contribution < 1.29 is 0 Å². The smallest absolute Gasteiger partial charge is 0.114 e. The molecule has 0 nitrogen and oxygen atoms in total. The predicted octanol–water partition coefficient (Wildman–Crippen LogP) is 40.8. The molecule has 3 rings (SSSR count). The summed E-state index contributed by atoms with van der Waals surface area (Å²) in [4.78, 5) is 13.3. The zero-order valence-electron chi connectivity index (χ0n) is 75.7. The van der Waals surface area contributed by atoms with E-state index in [1.165, 1.54) is 468 Å². The van der Waals surface area contributed by atoms with Gasteiger partial charge in [0.1, 0.15) is 6.82 Å². The van der Waals surface area contributed by atoms with Gasteiger partial charge in [0, 0.05) is 39.2 Å². The quantitative estimate of drug-likeness (QED) is 0.0352. The summed E-state index contributed by atoms with van der Waals surface area (Å²) in [5.74, 6) is 14.1. The van der Waals surface area contributed by atoms with Gasteiger partial charge in [-0.25, -0.2) is 0 Å². The second kappa shape index (κ2) is 79.5. The van der Waals surface area contributed by atoms with Gasteiger partial charge < -0.3 is 0 Å². The number of thioether (sulfide) groups is 12. The Bertz CT molecular complexity index is 2140. The minimum absolute atomic E-state index is 0.0835. The van der Waals surface area contributed by atoms with Gasteiger partial charge in [-0.3, -0.25) is 0 Å². The Morgan fingerprint density at radius 3 is 0.536 bits per heavy atom. The van der Waals surface area contributed by atoms with Crippen LogP contribution in [0.25, 0.3) is 0 Å². The van der Waals surface area contributed by atoms with Crippen molar-refractivity contribution in [3.63, 3.8) is 0 Å². The fourth-order valence-electron chi connectivity index (χ4n) is 15.7. The molecule has 1 saturated carbocycles. The molecule has 0 atom stereocenters. The van der Waals surface area contributed by atoms with E-state index < -0.39 is 0 Å². The van der Waals surface area contributed by atoms with E-state index in [0.29, 0.717) is 11.8 Å². The van der Waals surface area contributed by atoms with E-state index in [2.05, 4.69) is 235 Å². The van der Waals surface area contributed by atoms with Crippen molar-refractivity contribution in [1.82, 2.24) is 0 Å². The van der Waals surface area contributed by atoms with E-state index in [9.17, 15) is 0 Å². The molecule has 1 aliphatic rings. The standard InChI is InChI=1S/C100H184S12/c1-11-21-31-41-51-61-79-101-91-75-77-93(97(105-83-65-55-45-35-25-15-5)95(91)103-81-63-53-43-33-23-13-3)111-99(107-85-67-57-47-37-27-17-7,108-86-68-58-48-38-28-18-8)89-71-73-90(74-72-89)100(109-87-69-59-49-39-29-19-9,110-88-70-60-50-40-30-20-10)112-94-78-76-92(102-80-62-52-42-32-22-12-2)96(104-82-64-54-44-34-24-14-4)98(94)106-84-66-56-46-36-26-16-6/h75-78,89-90H,11-74,79-88H2,1-10H3/t89-,90-. The maximum Gasteiger partial charge on any atom is 0.114 e. The molecule has 1 aliphatic carbocycles. The van der Waals surface area contributed by atoms with Gasteiger partial charge in [-0.15, -0.1) is 118 Å². The Balaban J connectivity index is 2.44. The lowest BCUT2D eigenvalue weighted by Crippen LogP contribution is -2.37. The lowest BCUT2D eigenvalue weighted by molar-refractivity contribution is 0.289. The highest BCUT2D eigenvalue weighted by atomic mass is 32.3. The van der Waals surface area contributed by atoms with Gasteiger partial charge in [0.25, 0.3) is 0 Å². The van der Waals surface area contributed by atoms with E-state index in [1.54, 1.807) is 39.2 Å². The molecule has 0 bridgehead atoms. The van der Waals surface area contributed by atoms with Crippen LogP contribution >= 0.6 is 141 Å². The van der Waals surface area contributed by atoms with Crippen molar-refractivity contribution in [3.05, 3.63) is 24.3 Å². The molecule has 0 heterocycles.